The average molecular weight is 337 g/mol. The van der Waals surface area contributed by atoms with Crippen molar-refractivity contribution in [1.29, 1.82) is 0 Å². The number of amides is 1. The summed E-state index contributed by atoms with van der Waals surface area (Å²) in [5, 5.41) is 0. The highest BCUT2D eigenvalue weighted by Gasteiger charge is 2.34. The van der Waals surface area contributed by atoms with Gasteiger partial charge in [-0.2, -0.15) is 0 Å². The number of carbonyl (C=O) groups is 2. The highest BCUT2D eigenvalue weighted by Crippen LogP contribution is 2.32. The molecule has 0 aromatic heterocycles. The van der Waals surface area contributed by atoms with Gasteiger partial charge in [0.2, 0.25) is 0 Å². The predicted octanol–water partition coefficient (Wildman–Crippen LogP) is 3.83. The molecule has 1 heterocycles. The van der Waals surface area contributed by atoms with Gasteiger partial charge in [0.1, 0.15) is 0 Å². The maximum absolute atomic E-state index is 12.9. The number of hydrogen-bond donors (Lipinski definition) is 0. The number of rotatable bonds is 3. The van der Waals surface area contributed by atoms with Crippen LogP contribution < -0.4 is 4.90 Å². The molecule has 25 heavy (non-hydrogen) atoms. The summed E-state index contributed by atoms with van der Waals surface area (Å²) in [6, 6.07) is 13.6. The highest BCUT2D eigenvalue weighted by atomic mass is 16.5. The van der Waals surface area contributed by atoms with Gasteiger partial charge in [0.25, 0.3) is 5.91 Å². The molecule has 0 saturated carbocycles. The molecule has 0 bridgehead atoms. The van der Waals surface area contributed by atoms with E-state index in [9.17, 15) is 9.59 Å². The van der Waals surface area contributed by atoms with Crippen LogP contribution in [0.15, 0.2) is 42.5 Å². The third-order valence-electron chi connectivity index (χ3n) is 4.69. The van der Waals surface area contributed by atoms with E-state index in [2.05, 4.69) is 0 Å². The number of para-hydroxylation sites is 1. The van der Waals surface area contributed by atoms with Crippen LogP contribution in [0.4, 0.5) is 5.69 Å². The van der Waals surface area contributed by atoms with Crippen molar-refractivity contribution in [2.45, 2.75) is 46.3 Å². The summed E-state index contributed by atoms with van der Waals surface area (Å²) in [6.07, 6.45) is -0.0134. The summed E-state index contributed by atoms with van der Waals surface area (Å²) in [6.45, 7) is 7.44. The van der Waals surface area contributed by atoms with Crippen molar-refractivity contribution in [3.8, 4) is 0 Å². The smallest absolute Gasteiger partial charge is 0.339 e. The van der Waals surface area contributed by atoms with E-state index in [0.717, 1.165) is 28.8 Å². The number of ether oxygens (including phenoxy) is 1. The second-order valence-electron chi connectivity index (χ2n) is 6.76. The lowest BCUT2D eigenvalue weighted by molar-refractivity contribution is -0.126. The van der Waals surface area contributed by atoms with Crippen molar-refractivity contribution in [3.63, 3.8) is 0 Å². The van der Waals surface area contributed by atoms with Gasteiger partial charge in [-0.1, -0.05) is 35.9 Å². The normalized spacial score (nSPS) is 17.1. The molecule has 130 valence electrons. The third-order valence-corrected chi connectivity index (χ3v) is 4.69. The summed E-state index contributed by atoms with van der Waals surface area (Å²) < 4.78 is 5.48. The van der Waals surface area contributed by atoms with Crippen LogP contribution in [-0.2, 0) is 16.0 Å². The zero-order valence-electron chi connectivity index (χ0n) is 15.1. The fourth-order valence-corrected chi connectivity index (χ4v) is 3.33. The van der Waals surface area contributed by atoms with Crippen molar-refractivity contribution >= 4 is 17.6 Å². The molecule has 0 aliphatic carbocycles. The fraction of sp³-hybridized carbons (Fsp3) is 0.333. The fourth-order valence-electron chi connectivity index (χ4n) is 3.33. The molecule has 0 spiro atoms. The zero-order valence-corrected chi connectivity index (χ0v) is 15.1. The Hall–Kier alpha value is -2.62. The molecule has 2 aromatic carbocycles. The van der Waals surface area contributed by atoms with Crippen LogP contribution >= 0.6 is 0 Å². The summed E-state index contributed by atoms with van der Waals surface area (Å²) in [4.78, 5) is 27.1. The molecular weight excluding hydrogens is 314 g/mol. The van der Waals surface area contributed by atoms with Gasteiger partial charge in [0.05, 0.1) is 5.56 Å². The molecule has 2 atom stereocenters. The Labute approximate surface area is 148 Å². The predicted molar refractivity (Wildman–Crippen MR) is 97.9 cm³/mol. The first-order valence-electron chi connectivity index (χ1n) is 8.57. The highest BCUT2D eigenvalue weighted by molar-refractivity contribution is 6.01. The number of fused-ring (bicyclic) bond motifs is 1. The number of hydrogen-bond acceptors (Lipinski definition) is 3. The summed E-state index contributed by atoms with van der Waals surface area (Å²) >= 11 is 0. The standard InChI is InChI=1S/C21H23NO3/c1-13-9-10-14(2)18(11-13)21(24)25-16(4)20(23)22-15(3)12-17-7-5-6-8-19(17)22/h5-11,15-16H,12H2,1-4H3/t15-,16+/m1/s1. The molecular formula is C21H23NO3. The van der Waals surface area contributed by atoms with Gasteiger partial charge in [-0.25, -0.2) is 4.79 Å². The minimum absolute atomic E-state index is 0.0618. The van der Waals surface area contributed by atoms with Crippen molar-refractivity contribution in [2.75, 3.05) is 4.90 Å². The van der Waals surface area contributed by atoms with Gasteiger partial charge in [-0.05, 0) is 57.4 Å². The molecule has 3 rings (SSSR count). The van der Waals surface area contributed by atoms with Crippen LogP contribution in [0.2, 0.25) is 0 Å². The van der Waals surface area contributed by atoms with Crippen molar-refractivity contribution in [2.24, 2.45) is 0 Å². The van der Waals surface area contributed by atoms with Gasteiger partial charge in [0, 0.05) is 11.7 Å². The maximum Gasteiger partial charge on any atom is 0.339 e. The second kappa shape index (κ2) is 6.71. The quantitative estimate of drug-likeness (QED) is 0.800. The minimum atomic E-state index is -0.832. The van der Waals surface area contributed by atoms with E-state index in [-0.39, 0.29) is 11.9 Å². The molecule has 0 unspecified atom stereocenters. The molecule has 1 amide bonds. The number of benzene rings is 2. The molecule has 4 nitrogen and oxygen atoms in total. The van der Waals surface area contributed by atoms with E-state index in [1.807, 2.05) is 57.2 Å². The van der Waals surface area contributed by atoms with Crippen molar-refractivity contribution < 1.29 is 14.3 Å². The Morgan fingerprint density at radius 2 is 1.88 bits per heavy atom. The molecule has 0 N–H and O–H groups in total. The van der Waals surface area contributed by atoms with E-state index in [1.54, 1.807) is 17.9 Å². The Morgan fingerprint density at radius 3 is 2.64 bits per heavy atom. The van der Waals surface area contributed by atoms with Crippen LogP contribution in [0.5, 0.6) is 0 Å². The molecule has 0 saturated heterocycles. The SMILES string of the molecule is Cc1ccc(C)c(C(=O)O[C@@H](C)C(=O)N2c3ccccc3C[C@H]2C)c1. The first-order chi connectivity index (χ1) is 11.9. The lowest BCUT2D eigenvalue weighted by atomic mass is 10.1. The molecule has 0 fully saturated rings. The molecule has 1 aliphatic heterocycles. The topological polar surface area (TPSA) is 46.6 Å². The van der Waals surface area contributed by atoms with Crippen LogP contribution in [0, 0.1) is 13.8 Å². The lowest BCUT2D eigenvalue weighted by Crippen LogP contribution is -2.43. The van der Waals surface area contributed by atoms with Crippen molar-refractivity contribution in [3.05, 3.63) is 64.7 Å². The van der Waals surface area contributed by atoms with E-state index >= 15 is 0 Å². The third kappa shape index (κ3) is 3.29. The molecule has 4 heteroatoms. The number of nitrogens with zero attached hydrogens (tertiary/aromatic N) is 1. The van der Waals surface area contributed by atoms with Crippen LogP contribution in [0.3, 0.4) is 0 Å². The number of esters is 1. The Kier molecular flexibility index (Phi) is 4.62. The number of aryl methyl sites for hydroxylation is 2. The Morgan fingerprint density at radius 1 is 1.16 bits per heavy atom. The van der Waals surface area contributed by atoms with Gasteiger partial charge in [0.15, 0.2) is 6.10 Å². The number of anilines is 1. The average Bonchev–Trinajstić information content (AvgIpc) is 2.91. The minimum Gasteiger partial charge on any atom is -0.449 e. The summed E-state index contributed by atoms with van der Waals surface area (Å²) in [7, 11) is 0. The maximum atomic E-state index is 12.9. The van der Waals surface area contributed by atoms with Gasteiger partial charge < -0.3 is 9.64 Å². The molecule has 0 radical (unpaired) electrons. The van der Waals surface area contributed by atoms with E-state index in [1.165, 1.54) is 0 Å². The lowest BCUT2D eigenvalue weighted by Gasteiger charge is -2.26. The second-order valence-corrected chi connectivity index (χ2v) is 6.76. The van der Waals surface area contributed by atoms with Gasteiger partial charge in [-0.3, -0.25) is 4.79 Å². The molecule has 1 aliphatic rings. The van der Waals surface area contributed by atoms with E-state index < -0.39 is 12.1 Å². The van der Waals surface area contributed by atoms with Crippen molar-refractivity contribution in [1.82, 2.24) is 0 Å². The van der Waals surface area contributed by atoms with Crippen LogP contribution in [0.25, 0.3) is 0 Å². The van der Waals surface area contributed by atoms with Gasteiger partial charge in [-0.15, -0.1) is 0 Å². The van der Waals surface area contributed by atoms with Gasteiger partial charge >= 0.3 is 5.97 Å². The first kappa shape index (κ1) is 17.2. The monoisotopic (exact) mass is 337 g/mol. The van der Waals surface area contributed by atoms with Crippen LogP contribution in [-0.4, -0.2) is 24.0 Å². The number of carbonyl (C=O) groups excluding carboxylic acids is 2. The van der Waals surface area contributed by atoms with Crippen LogP contribution in [0.1, 0.15) is 40.9 Å². The molecule has 2 aromatic rings. The summed E-state index contributed by atoms with van der Waals surface area (Å²) in [5.41, 5.74) is 4.40. The summed E-state index contributed by atoms with van der Waals surface area (Å²) in [5.74, 6) is -0.640. The first-order valence-corrected chi connectivity index (χ1v) is 8.57. The Bertz CT molecular complexity index is 828. The van der Waals surface area contributed by atoms with E-state index in [4.69, 9.17) is 4.74 Å². The van der Waals surface area contributed by atoms with E-state index in [0.29, 0.717) is 5.56 Å². The Balaban J connectivity index is 1.77. The largest absolute Gasteiger partial charge is 0.449 e. The zero-order chi connectivity index (χ0) is 18.1.